The number of halogens is 2. The minimum absolute atomic E-state index is 0.0262. The second-order valence-corrected chi connectivity index (χ2v) is 6.22. The highest BCUT2D eigenvalue weighted by Gasteiger charge is 2.15. The quantitative estimate of drug-likeness (QED) is 0.759. The number of rotatable bonds is 1. The first-order valence-electron chi connectivity index (χ1n) is 3.83. The molecule has 2 aromatic rings. The van der Waals surface area contributed by atoms with Gasteiger partial charge >= 0.3 is 0 Å². The monoisotopic (exact) mass is 306 g/mol. The molecular formula is C8H4BrClN2O2S. The Morgan fingerprint density at radius 1 is 1.33 bits per heavy atom. The third-order valence-corrected chi connectivity index (χ3v) is 3.56. The Kier molecular flexibility index (Phi) is 2.66. The summed E-state index contributed by atoms with van der Waals surface area (Å²) in [5.74, 6) is 0. The van der Waals surface area contributed by atoms with Crippen molar-refractivity contribution in [2.24, 2.45) is 0 Å². The van der Waals surface area contributed by atoms with E-state index >= 15 is 0 Å². The van der Waals surface area contributed by atoms with E-state index in [-0.39, 0.29) is 10.4 Å². The normalized spacial score (nSPS) is 11.9. The van der Waals surface area contributed by atoms with Crippen LogP contribution in [0.15, 0.2) is 33.9 Å². The topological polar surface area (TPSA) is 59.9 Å². The molecule has 0 saturated heterocycles. The molecular weight excluding hydrogens is 304 g/mol. The van der Waals surface area contributed by atoms with Gasteiger partial charge in [-0.15, -0.1) is 0 Å². The Morgan fingerprint density at radius 2 is 2.07 bits per heavy atom. The van der Waals surface area contributed by atoms with Crippen molar-refractivity contribution >= 4 is 46.7 Å². The lowest BCUT2D eigenvalue weighted by Gasteiger charge is -2.01. The van der Waals surface area contributed by atoms with E-state index in [4.69, 9.17) is 10.7 Å². The highest BCUT2D eigenvalue weighted by molar-refractivity contribution is 9.10. The van der Waals surface area contributed by atoms with Crippen molar-refractivity contribution in [1.29, 1.82) is 0 Å². The zero-order valence-electron chi connectivity index (χ0n) is 7.18. The van der Waals surface area contributed by atoms with Crippen LogP contribution in [0.25, 0.3) is 11.0 Å². The molecule has 0 aliphatic rings. The fourth-order valence-corrected chi connectivity index (χ4v) is 2.48. The van der Waals surface area contributed by atoms with Crippen molar-refractivity contribution in [3.8, 4) is 0 Å². The third kappa shape index (κ3) is 2.11. The maximum Gasteiger partial charge on any atom is 0.263 e. The van der Waals surface area contributed by atoms with E-state index in [1.54, 1.807) is 6.07 Å². The SMILES string of the molecule is O=S(=O)(Cl)c1ccnc2cc(Br)cnc12. The van der Waals surface area contributed by atoms with Crippen LogP contribution >= 0.6 is 26.6 Å². The Bertz CT molecular complexity index is 630. The van der Waals surface area contributed by atoms with Crippen LogP contribution in [-0.2, 0) is 9.05 Å². The van der Waals surface area contributed by atoms with Gasteiger partial charge in [-0.25, -0.2) is 8.42 Å². The van der Waals surface area contributed by atoms with Crippen LogP contribution in [0, 0.1) is 0 Å². The zero-order valence-corrected chi connectivity index (χ0v) is 10.3. The first-order valence-corrected chi connectivity index (χ1v) is 6.93. The minimum atomic E-state index is -3.79. The predicted molar refractivity (Wildman–Crippen MR) is 60.3 cm³/mol. The van der Waals surface area contributed by atoms with E-state index in [1.807, 2.05) is 0 Å². The van der Waals surface area contributed by atoms with Crippen molar-refractivity contribution < 1.29 is 8.42 Å². The van der Waals surface area contributed by atoms with Gasteiger partial charge in [0.25, 0.3) is 9.05 Å². The van der Waals surface area contributed by atoms with Crippen molar-refractivity contribution in [2.45, 2.75) is 4.90 Å². The van der Waals surface area contributed by atoms with Crippen LogP contribution in [0.1, 0.15) is 0 Å². The summed E-state index contributed by atoms with van der Waals surface area (Å²) in [6.45, 7) is 0. The van der Waals surface area contributed by atoms with Gasteiger partial charge < -0.3 is 0 Å². The largest absolute Gasteiger partial charge is 0.263 e. The molecule has 4 nitrogen and oxygen atoms in total. The van der Waals surface area contributed by atoms with Gasteiger partial charge in [0.2, 0.25) is 0 Å². The maximum atomic E-state index is 11.2. The molecule has 0 atom stereocenters. The summed E-state index contributed by atoms with van der Waals surface area (Å²) < 4.78 is 23.2. The molecule has 0 N–H and O–H groups in total. The van der Waals surface area contributed by atoms with E-state index < -0.39 is 9.05 Å². The Balaban J connectivity index is 2.89. The summed E-state index contributed by atoms with van der Waals surface area (Å²) in [7, 11) is 1.48. The maximum absolute atomic E-state index is 11.2. The molecule has 2 rings (SSSR count). The molecule has 0 spiro atoms. The lowest BCUT2D eigenvalue weighted by molar-refractivity contribution is 0.610. The van der Waals surface area contributed by atoms with Gasteiger partial charge in [-0.05, 0) is 28.1 Å². The molecule has 0 aliphatic heterocycles. The highest BCUT2D eigenvalue weighted by atomic mass is 79.9. The summed E-state index contributed by atoms with van der Waals surface area (Å²) >= 11 is 3.22. The second kappa shape index (κ2) is 3.70. The molecule has 78 valence electrons. The number of hydrogen-bond donors (Lipinski definition) is 0. The molecule has 0 bridgehead atoms. The van der Waals surface area contributed by atoms with E-state index in [9.17, 15) is 8.42 Å². The van der Waals surface area contributed by atoms with Crippen molar-refractivity contribution in [3.63, 3.8) is 0 Å². The molecule has 0 fully saturated rings. The Labute approximate surface area is 98.9 Å². The van der Waals surface area contributed by atoms with E-state index in [2.05, 4.69) is 25.9 Å². The summed E-state index contributed by atoms with van der Waals surface area (Å²) in [6.07, 6.45) is 2.88. The summed E-state index contributed by atoms with van der Waals surface area (Å²) in [6, 6.07) is 3.00. The number of hydrogen-bond acceptors (Lipinski definition) is 4. The molecule has 0 saturated carbocycles. The van der Waals surface area contributed by atoms with Crippen molar-refractivity contribution in [2.75, 3.05) is 0 Å². The Hall–Kier alpha value is -0.720. The van der Waals surface area contributed by atoms with Gasteiger partial charge in [0, 0.05) is 27.5 Å². The lowest BCUT2D eigenvalue weighted by Crippen LogP contribution is -1.95. The smallest absolute Gasteiger partial charge is 0.254 e. The van der Waals surface area contributed by atoms with Gasteiger partial charge in [0.05, 0.1) is 5.52 Å². The van der Waals surface area contributed by atoms with Crippen LogP contribution in [0.3, 0.4) is 0 Å². The highest BCUT2D eigenvalue weighted by Crippen LogP contribution is 2.24. The average molecular weight is 308 g/mol. The molecule has 15 heavy (non-hydrogen) atoms. The molecule has 0 radical (unpaired) electrons. The predicted octanol–water partition coefficient (Wildman–Crippen LogP) is 2.32. The lowest BCUT2D eigenvalue weighted by atomic mass is 10.3. The fourth-order valence-electron chi connectivity index (χ4n) is 1.18. The minimum Gasteiger partial charge on any atom is -0.254 e. The van der Waals surface area contributed by atoms with Crippen LogP contribution in [-0.4, -0.2) is 18.4 Å². The molecule has 0 aliphatic carbocycles. The van der Waals surface area contributed by atoms with Gasteiger partial charge in [0.15, 0.2) is 0 Å². The van der Waals surface area contributed by atoms with Crippen molar-refractivity contribution in [1.82, 2.24) is 9.97 Å². The molecule has 0 amide bonds. The van der Waals surface area contributed by atoms with Crippen LogP contribution < -0.4 is 0 Å². The average Bonchev–Trinajstić information content (AvgIpc) is 2.15. The molecule has 0 unspecified atom stereocenters. The van der Waals surface area contributed by atoms with Crippen LogP contribution in [0.4, 0.5) is 0 Å². The first-order chi connectivity index (χ1) is 6.98. The second-order valence-electron chi connectivity index (χ2n) is 2.77. The molecule has 2 heterocycles. The fraction of sp³-hybridized carbons (Fsp3) is 0. The van der Waals surface area contributed by atoms with Gasteiger partial charge in [-0.1, -0.05) is 0 Å². The molecule has 0 aromatic carbocycles. The Morgan fingerprint density at radius 3 is 2.73 bits per heavy atom. The van der Waals surface area contributed by atoms with Crippen LogP contribution in [0.5, 0.6) is 0 Å². The standard InChI is InChI=1S/C8H4BrClN2O2S/c9-5-3-6-8(12-4-5)7(1-2-11-6)15(10,13)14/h1-4H. The molecule has 7 heteroatoms. The van der Waals surface area contributed by atoms with Crippen molar-refractivity contribution in [3.05, 3.63) is 29.0 Å². The van der Waals surface area contributed by atoms with Gasteiger partial charge in [-0.2, -0.15) is 0 Å². The van der Waals surface area contributed by atoms with Gasteiger partial charge in [-0.3, -0.25) is 9.97 Å². The summed E-state index contributed by atoms with van der Waals surface area (Å²) in [5.41, 5.74) is 0.752. The number of aromatic nitrogens is 2. The van der Waals surface area contributed by atoms with E-state index in [1.165, 1.54) is 18.5 Å². The summed E-state index contributed by atoms with van der Waals surface area (Å²) in [5, 5.41) is 0. The number of fused-ring (bicyclic) bond motifs is 1. The first kappa shape index (κ1) is 10.8. The summed E-state index contributed by atoms with van der Waals surface area (Å²) in [4.78, 5) is 7.95. The number of nitrogens with zero attached hydrogens (tertiary/aromatic N) is 2. The van der Waals surface area contributed by atoms with Gasteiger partial charge in [0.1, 0.15) is 10.4 Å². The zero-order chi connectivity index (χ0) is 11.1. The number of pyridine rings is 2. The van der Waals surface area contributed by atoms with E-state index in [0.29, 0.717) is 5.52 Å². The van der Waals surface area contributed by atoms with E-state index in [0.717, 1.165) is 4.47 Å². The van der Waals surface area contributed by atoms with Crippen LogP contribution in [0.2, 0.25) is 0 Å². The molecule has 2 aromatic heterocycles. The third-order valence-electron chi connectivity index (χ3n) is 1.77.